The van der Waals surface area contributed by atoms with Crippen LogP contribution in [0.25, 0.3) is 5.52 Å². The van der Waals surface area contributed by atoms with Gasteiger partial charge >= 0.3 is 5.97 Å². The van der Waals surface area contributed by atoms with Crippen LogP contribution in [0.4, 0.5) is 11.6 Å². The average Bonchev–Trinajstić information content (AvgIpc) is 2.80. The molecule has 0 saturated carbocycles. The number of carboxylic acid groups (broad SMARTS) is 1. The summed E-state index contributed by atoms with van der Waals surface area (Å²) in [5.41, 5.74) is 2.49. The van der Waals surface area contributed by atoms with E-state index in [2.05, 4.69) is 20.4 Å². The molecule has 21 heavy (non-hydrogen) atoms. The molecule has 2 N–H and O–H groups in total. The quantitative estimate of drug-likeness (QED) is 0.765. The predicted octanol–water partition coefficient (Wildman–Crippen LogP) is 2.18. The van der Waals surface area contributed by atoms with E-state index in [1.165, 1.54) is 17.0 Å². The average molecular weight is 283 g/mol. The van der Waals surface area contributed by atoms with E-state index in [1.54, 1.807) is 13.1 Å². The molecule has 0 fully saturated rings. The van der Waals surface area contributed by atoms with Crippen LogP contribution in [0, 0.1) is 13.8 Å². The van der Waals surface area contributed by atoms with Crippen molar-refractivity contribution in [1.82, 2.24) is 19.6 Å². The van der Waals surface area contributed by atoms with E-state index < -0.39 is 5.97 Å². The van der Waals surface area contributed by atoms with Crippen LogP contribution in [0.2, 0.25) is 0 Å². The number of aromatic carboxylic acids is 1. The highest BCUT2D eigenvalue weighted by Gasteiger charge is 2.17. The summed E-state index contributed by atoms with van der Waals surface area (Å²) in [5, 5.41) is 16.3. The van der Waals surface area contributed by atoms with Crippen LogP contribution in [0.15, 0.2) is 30.9 Å². The van der Waals surface area contributed by atoms with Crippen LogP contribution in [0.3, 0.4) is 0 Å². The van der Waals surface area contributed by atoms with E-state index >= 15 is 0 Å². The minimum absolute atomic E-state index is 0.204. The summed E-state index contributed by atoms with van der Waals surface area (Å²) in [7, 11) is 0. The van der Waals surface area contributed by atoms with E-state index in [-0.39, 0.29) is 5.56 Å². The zero-order valence-corrected chi connectivity index (χ0v) is 11.5. The second-order valence-electron chi connectivity index (χ2n) is 4.72. The first-order valence-electron chi connectivity index (χ1n) is 6.32. The zero-order valence-electron chi connectivity index (χ0n) is 11.5. The number of aryl methyl sites for hydroxylation is 2. The molecule has 0 atom stereocenters. The number of nitrogens with zero attached hydrogens (tertiary/aromatic N) is 4. The van der Waals surface area contributed by atoms with Gasteiger partial charge in [0.2, 0.25) is 0 Å². The molecule has 3 heterocycles. The number of fused-ring (bicyclic) bond motifs is 1. The lowest BCUT2D eigenvalue weighted by Crippen LogP contribution is -2.01. The molecule has 3 aromatic heterocycles. The Morgan fingerprint density at radius 1 is 1.29 bits per heavy atom. The Kier molecular flexibility index (Phi) is 3.02. The third-order valence-electron chi connectivity index (χ3n) is 3.22. The molecule has 0 spiro atoms. The van der Waals surface area contributed by atoms with Gasteiger partial charge in [0.1, 0.15) is 17.7 Å². The summed E-state index contributed by atoms with van der Waals surface area (Å²) in [6, 6.07) is 3.77. The smallest absolute Gasteiger partial charge is 0.337 e. The van der Waals surface area contributed by atoms with Crippen molar-refractivity contribution in [2.75, 3.05) is 5.32 Å². The number of pyridine rings is 1. The molecule has 0 aliphatic heterocycles. The fraction of sp³-hybridized carbons (Fsp3) is 0.143. The normalized spacial score (nSPS) is 10.8. The fourth-order valence-electron chi connectivity index (χ4n) is 2.13. The van der Waals surface area contributed by atoms with Crippen LogP contribution < -0.4 is 5.32 Å². The summed E-state index contributed by atoms with van der Waals surface area (Å²) in [5.74, 6) is 0.169. The van der Waals surface area contributed by atoms with Crippen molar-refractivity contribution >= 4 is 23.1 Å². The van der Waals surface area contributed by atoms with Gasteiger partial charge in [0.05, 0.1) is 5.56 Å². The van der Waals surface area contributed by atoms with Gasteiger partial charge in [-0.15, -0.1) is 0 Å². The van der Waals surface area contributed by atoms with Crippen LogP contribution >= 0.6 is 0 Å². The molecule has 7 heteroatoms. The van der Waals surface area contributed by atoms with Gasteiger partial charge in [-0.05, 0) is 31.0 Å². The van der Waals surface area contributed by atoms with Crippen LogP contribution in [0.5, 0.6) is 0 Å². The molecule has 3 aromatic rings. The number of rotatable bonds is 3. The van der Waals surface area contributed by atoms with E-state index in [9.17, 15) is 9.90 Å². The molecule has 0 aromatic carbocycles. The first-order valence-corrected chi connectivity index (χ1v) is 6.32. The Balaban J connectivity index is 2.10. The van der Waals surface area contributed by atoms with Crippen molar-refractivity contribution in [3.63, 3.8) is 0 Å². The number of carboxylic acids is 1. The maximum atomic E-state index is 11.2. The van der Waals surface area contributed by atoms with Crippen molar-refractivity contribution in [3.05, 3.63) is 47.5 Å². The summed E-state index contributed by atoms with van der Waals surface area (Å²) >= 11 is 0. The standard InChI is InChI=1S/C14H13N5O2/c1-8-3-4-11(15-5-8)18-13-12-9(2)10(14(20)21)6-19(12)17-7-16-13/h3-7H,1-2H3,(H,20,21)(H,15,16,17,18). The molecule has 0 aliphatic carbocycles. The Morgan fingerprint density at radius 3 is 2.76 bits per heavy atom. The second kappa shape index (κ2) is 4.86. The zero-order chi connectivity index (χ0) is 15.0. The number of nitrogens with one attached hydrogen (secondary N) is 1. The summed E-state index contributed by atoms with van der Waals surface area (Å²) in [4.78, 5) is 19.6. The van der Waals surface area contributed by atoms with E-state index in [0.29, 0.717) is 22.7 Å². The van der Waals surface area contributed by atoms with Crippen LogP contribution in [-0.2, 0) is 0 Å². The lowest BCUT2D eigenvalue weighted by molar-refractivity contribution is 0.0696. The topological polar surface area (TPSA) is 92.4 Å². The minimum atomic E-state index is -0.989. The fourth-order valence-corrected chi connectivity index (χ4v) is 2.13. The van der Waals surface area contributed by atoms with Gasteiger partial charge in [0, 0.05) is 12.4 Å². The molecule has 3 rings (SSSR count). The SMILES string of the molecule is Cc1ccc(Nc2ncnn3cc(C(=O)O)c(C)c23)nc1. The largest absolute Gasteiger partial charge is 0.478 e. The maximum absolute atomic E-state index is 11.2. The molecular weight excluding hydrogens is 270 g/mol. The lowest BCUT2D eigenvalue weighted by atomic mass is 10.2. The highest BCUT2D eigenvalue weighted by molar-refractivity contribution is 5.94. The minimum Gasteiger partial charge on any atom is -0.478 e. The van der Waals surface area contributed by atoms with E-state index in [4.69, 9.17) is 0 Å². The first-order chi connectivity index (χ1) is 10.1. The molecular formula is C14H13N5O2. The lowest BCUT2D eigenvalue weighted by Gasteiger charge is -2.07. The molecule has 0 unspecified atom stereocenters. The number of hydrogen-bond donors (Lipinski definition) is 2. The highest BCUT2D eigenvalue weighted by Crippen LogP contribution is 2.24. The van der Waals surface area contributed by atoms with Crippen LogP contribution in [0.1, 0.15) is 21.5 Å². The molecule has 106 valence electrons. The third-order valence-corrected chi connectivity index (χ3v) is 3.22. The monoisotopic (exact) mass is 283 g/mol. The van der Waals surface area contributed by atoms with E-state index in [0.717, 1.165) is 5.56 Å². The maximum Gasteiger partial charge on any atom is 0.337 e. The van der Waals surface area contributed by atoms with Crippen molar-refractivity contribution in [1.29, 1.82) is 0 Å². The molecule has 7 nitrogen and oxygen atoms in total. The van der Waals surface area contributed by atoms with Crippen molar-refractivity contribution < 1.29 is 9.90 Å². The van der Waals surface area contributed by atoms with Crippen LogP contribution in [-0.4, -0.2) is 30.7 Å². The Morgan fingerprint density at radius 2 is 2.10 bits per heavy atom. The number of aromatic nitrogens is 4. The predicted molar refractivity (Wildman–Crippen MR) is 76.9 cm³/mol. The molecule has 0 bridgehead atoms. The van der Waals surface area contributed by atoms with Gasteiger partial charge in [0.15, 0.2) is 5.82 Å². The van der Waals surface area contributed by atoms with Crippen molar-refractivity contribution in [2.24, 2.45) is 0 Å². The van der Waals surface area contributed by atoms with Gasteiger partial charge in [-0.2, -0.15) is 5.10 Å². The first kappa shape index (κ1) is 13.0. The molecule has 0 saturated heterocycles. The van der Waals surface area contributed by atoms with Crippen molar-refractivity contribution in [2.45, 2.75) is 13.8 Å². The number of hydrogen-bond acceptors (Lipinski definition) is 5. The Bertz CT molecular complexity index is 823. The molecule has 0 amide bonds. The van der Waals surface area contributed by atoms with Gasteiger partial charge in [-0.1, -0.05) is 6.07 Å². The third kappa shape index (κ3) is 2.29. The van der Waals surface area contributed by atoms with Gasteiger partial charge < -0.3 is 10.4 Å². The summed E-state index contributed by atoms with van der Waals surface area (Å²) in [6.07, 6.45) is 4.59. The van der Waals surface area contributed by atoms with Gasteiger partial charge in [-0.3, -0.25) is 0 Å². The molecule has 0 radical (unpaired) electrons. The van der Waals surface area contributed by atoms with E-state index in [1.807, 2.05) is 19.1 Å². The molecule has 0 aliphatic rings. The number of anilines is 2. The van der Waals surface area contributed by atoms with Gasteiger partial charge in [-0.25, -0.2) is 19.3 Å². The Hall–Kier alpha value is -2.96. The second-order valence-corrected chi connectivity index (χ2v) is 4.72. The summed E-state index contributed by atoms with van der Waals surface area (Å²) in [6.45, 7) is 3.69. The summed E-state index contributed by atoms with van der Waals surface area (Å²) < 4.78 is 1.50. The number of carbonyl (C=O) groups is 1. The van der Waals surface area contributed by atoms with Crippen molar-refractivity contribution in [3.8, 4) is 0 Å². The Labute approximate surface area is 120 Å². The highest BCUT2D eigenvalue weighted by atomic mass is 16.4. The van der Waals surface area contributed by atoms with Gasteiger partial charge in [0.25, 0.3) is 0 Å².